The first kappa shape index (κ1) is 10.6. The Hall–Kier alpha value is -2.35. The normalized spacial score (nSPS) is 14.4. The van der Waals surface area contributed by atoms with E-state index in [0.29, 0.717) is 0 Å². The molecule has 0 unspecified atom stereocenters. The molecule has 19 heavy (non-hydrogen) atoms. The molecule has 4 rings (SSSR count). The third-order valence-corrected chi connectivity index (χ3v) is 3.75. The molecule has 0 aromatic heterocycles. The lowest BCUT2D eigenvalue weighted by Crippen LogP contribution is -2.21. The molecule has 1 aliphatic heterocycles. The molecule has 0 fully saturated rings. The summed E-state index contributed by atoms with van der Waals surface area (Å²) in [7, 11) is 0. The van der Waals surface area contributed by atoms with E-state index in [2.05, 4.69) is 60.8 Å². The summed E-state index contributed by atoms with van der Waals surface area (Å²) in [5.74, 6) is 0. The molecule has 1 heterocycles. The molecule has 0 spiro atoms. The van der Waals surface area contributed by atoms with Crippen LogP contribution in [-0.4, -0.2) is 0 Å². The van der Waals surface area contributed by atoms with Crippen molar-refractivity contribution < 1.29 is 0 Å². The second-order valence-corrected chi connectivity index (χ2v) is 5.07. The molecule has 0 saturated heterocycles. The van der Waals surface area contributed by atoms with Gasteiger partial charge in [0.2, 0.25) is 0 Å². The van der Waals surface area contributed by atoms with Crippen molar-refractivity contribution in [2.75, 3.05) is 5.32 Å². The molecule has 2 nitrogen and oxygen atoms in total. The number of fused-ring (bicyclic) bond motifs is 3. The minimum atomic E-state index is 0.995. The zero-order chi connectivity index (χ0) is 12.8. The molecule has 2 aliphatic rings. The number of anilines is 2. The summed E-state index contributed by atoms with van der Waals surface area (Å²) in [6.07, 6.45) is 7.46. The Morgan fingerprint density at radius 2 is 2.11 bits per heavy atom. The Bertz CT molecular complexity index is 829. The fraction of sp³-hybridized carbons (Fsp3) is 0.118. The van der Waals surface area contributed by atoms with Crippen LogP contribution in [0.15, 0.2) is 47.5 Å². The summed E-state index contributed by atoms with van der Waals surface area (Å²) in [5, 5.41) is 5.83. The quantitative estimate of drug-likeness (QED) is 0.648. The Labute approximate surface area is 111 Å². The van der Waals surface area contributed by atoms with Crippen molar-refractivity contribution in [3.8, 4) is 0 Å². The molecule has 0 saturated carbocycles. The minimum absolute atomic E-state index is 0.995. The fourth-order valence-electron chi connectivity index (χ4n) is 2.71. The van der Waals surface area contributed by atoms with E-state index in [4.69, 9.17) is 4.99 Å². The molecule has 1 aliphatic carbocycles. The Morgan fingerprint density at radius 3 is 3.05 bits per heavy atom. The highest BCUT2D eigenvalue weighted by molar-refractivity contribution is 5.77. The topological polar surface area (TPSA) is 24.4 Å². The maximum absolute atomic E-state index is 4.82. The summed E-state index contributed by atoms with van der Waals surface area (Å²) in [5.41, 5.74) is 5.82. The SMILES string of the molecule is Cc1cccc2c1N=c1cc3c(cc1N2)=CC=CC3. The van der Waals surface area contributed by atoms with Gasteiger partial charge in [-0.25, -0.2) is 4.99 Å². The van der Waals surface area contributed by atoms with Gasteiger partial charge in [0.15, 0.2) is 0 Å². The third-order valence-electron chi connectivity index (χ3n) is 3.75. The lowest BCUT2D eigenvalue weighted by atomic mass is 10.0. The van der Waals surface area contributed by atoms with Gasteiger partial charge in [-0.15, -0.1) is 0 Å². The molecule has 0 radical (unpaired) electrons. The van der Waals surface area contributed by atoms with Crippen molar-refractivity contribution in [1.29, 1.82) is 0 Å². The number of rotatable bonds is 0. The second-order valence-electron chi connectivity index (χ2n) is 5.07. The first-order valence-electron chi connectivity index (χ1n) is 6.56. The van der Waals surface area contributed by atoms with Crippen molar-refractivity contribution in [3.63, 3.8) is 0 Å². The Kier molecular flexibility index (Phi) is 2.12. The number of hydrogen-bond donors (Lipinski definition) is 1. The standard InChI is InChI=1S/C17H14N2/c1-11-5-4-8-14-17(11)19-16-10-13-7-3-2-6-12(13)9-15(16)18-14/h2-6,8-10,18H,7H2,1H3. The zero-order valence-corrected chi connectivity index (χ0v) is 10.8. The van der Waals surface area contributed by atoms with Gasteiger partial charge in [-0.1, -0.05) is 30.4 Å². The Morgan fingerprint density at radius 1 is 1.16 bits per heavy atom. The van der Waals surface area contributed by atoms with Gasteiger partial charge in [0.1, 0.15) is 0 Å². The third kappa shape index (κ3) is 1.60. The molecule has 2 heteroatoms. The van der Waals surface area contributed by atoms with Crippen LogP contribution < -0.4 is 15.9 Å². The summed E-state index contributed by atoms with van der Waals surface area (Å²) in [4.78, 5) is 4.82. The zero-order valence-electron chi connectivity index (χ0n) is 10.8. The van der Waals surface area contributed by atoms with Crippen molar-refractivity contribution >= 4 is 23.1 Å². The number of nitrogens with one attached hydrogen (secondary N) is 1. The van der Waals surface area contributed by atoms with E-state index in [1.807, 2.05) is 0 Å². The van der Waals surface area contributed by atoms with Crippen LogP contribution in [0, 0.1) is 6.92 Å². The molecule has 0 atom stereocenters. The predicted octanol–water partition coefficient (Wildman–Crippen LogP) is 2.90. The molecule has 0 amide bonds. The van der Waals surface area contributed by atoms with Crippen molar-refractivity contribution in [1.82, 2.24) is 0 Å². The van der Waals surface area contributed by atoms with E-state index in [0.717, 1.165) is 28.8 Å². The van der Waals surface area contributed by atoms with E-state index >= 15 is 0 Å². The summed E-state index contributed by atoms with van der Waals surface area (Å²) >= 11 is 0. The second kappa shape index (κ2) is 3.82. The number of para-hydroxylation sites is 1. The lowest BCUT2D eigenvalue weighted by molar-refractivity contribution is 1.17. The highest BCUT2D eigenvalue weighted by Crippen LogP contribution is 2.32. The highest BCUT2D eigenvalue weighted by atomic mass is 15.0. The number of allylic oxidation sites excluding steroid dienone is 2. The number of hydrogen-bond acceptors (Lipinski definition) is 2. The van der Waals surface area contributed by atoms with Gasteiger partial charge < -0.3 is 5.32 Å². The first-order chi connectivity index (χ1) is 9.31. The van der Waals surface area contributed by atoms with Crippen LogP contribution in [0.2, 0.25) is 0 Å². The largest absolute Gasteiger partial charge is 0.352 e. The van der Waals surface area contributed by atoms with Crippen molar-refractivity contribution in [2.45, 2.75) is 13.3 Å². The maximum atomic E-state index is 4.82. The average Bonchev–Trinajstić information content (AvgIpc) is 2.44. The van der Waals surface area contributed by atoms with E-state index < -0.39 is 0 Å². The smallest absolute Gasteiger partial charge is 0.0901 e. The number of benzene rings is 2. The minimum Gasteiger partial charge on any atom is -0.352 e. The van der Waals surface area contributed by atoms with Crippen LogP contribution in [0.5, 0.6) is 0 Å². The van der Waals surface area contributed by atoms with Crippen LogP contribution in [0.4, 0.5) is 17.1 Å². The van der Waals surface area contributed by atoms with Gasteiger partial charge in [-0.3, -0.25) is 0 Å². The van der Waals surface area contributed by atoms with Gasteiger partial charge in [0.05, 0.1) is 22.4 Å². The molecule has 2 aromatic carbocycles. The van der Waals surface area contributed by atoms with Gasteiger partial charge >= 0.3 is 0 Å². The summed E-state index contributed by atoms with van der Waals surface area (Å²) in [6, 6.07) is 10.6. The number of nitrogens with zero attached hydrogens (tertiary/aromatic N) is 1. The van der Waals surface area contributed by atoms with Gasteiger partial charge in [-0.05, 0) is 47.9 Å². The summed E-state index contributed by atoms with van der Waals surface area (Å²) in [6.45, 7) is 2.10. The van der Waals surface area contributed by atoms with Crippen LogP contribution in [0.3, 0.4) is 0 Å². The average molecular weight is 246 g/mol. The lowest BCUT2D eigenvalue weighted by Gasteiger charge is -2.18. The molecular weight excluding hydrogens is 232 g/mol. The fourth-order valence-corrected chi connectivity index (χ4v) is 2.71. The summed E-state index contributed by atoms with van der Waals surface area (Å²) < 4.78 is 0. The van der Waals surface area contributed by atoms with Crippen molar-refractivity contribution in [3.05, 3.63) is 64.2 Å². The van der Waals surface area contributed by atoms with E-state index in [1.165, 1.54) is 16.3 Å². The van der Waals surface area contributed by atoms with E-state index in [-0.39, 0.29) is 0 Å². The maximum Gasteiger partial charge on any atom is 0.0901 e. The van der Waals surface area contributed by atoms with Crippen LogP contribution in [0.1, 0.15) is 11.1 Å². The van der Waals surface area contributed by atoms with E-state index in [9.17, 15) is 0 Å². The first-order valence-corrected chi connectivity index (χ1v) is 6.56. The molecule has 1 N–H and O–H groups in total. The number of aryl methyl sites for hydroxylation is 1. The van der Waals surface area contributed by atoms with Gasteiger partial charge in [0, 0.05) is 0 Å². The van der Waals surface area contributed by atoms with Crippen LogP contribution >= 0.6 is 0 Å². The molecule has 92 valence electrons. The van der Waals surface area contributed by atoms with Crippen LogP contribution in [-0.2, 0) is 6.42 Å². The molecule has 0 bridgehead atoms. The monoisotopic (exact) mass is 246 g/mol. The van der Waals surface area contributed by atoms with Gasteiger partial charge in [0.25, 0.3) is 0 Å². The van der Waals surface area contributed by atoms with Gasteiger partial charge in [-0.2, -0.15) is 0 Å². The van der Waals surface area contributed by atoms with E-state index in [1.54, 1.807) is 0 Å². The molecular formula is C17H14N2. The highest BCUT2D eigenvalue weighted by Gasteiger charge is 2.12. The van der Waals surface area contributed by atoms with Crippen LogP contribution in [0.25, 0.3) is 6.08 Å². The Balaban J connectivity index is 2.02. The predicted molar refractivity (Wildman–Crippen MR) is 78.7 cm³/mol. The molecule has 2 aromatic rings. The van der Waals surface area contributed by atoms with Crippen molar-refractivity contribution in [2.24, 2.45) is 4.99 Å².